The Morgan fingerprint density at radius 3 is 2.81 bits per heavy atom. The van der Waals surface area contributed by atoms with E-state index < -0.39 is 0 Å². The second-order valence-electron chi connectivity index (χ2n) is 4.89. The van der Waals surface area contributed by atoms with Gasteiger partial charge >= 0.3 is 0 Å². The third-order valence-corrected chi connectivity index (χ3v) is 3.86. The van der Waals surface area contributed by atoms with Crippen molar-refractivity contribution in [2.24, 2.45) is 0 Å². The lowest BCUT2D eigenvalue weighted by molar-refractivity contribution is -0.0755. The molecule has 1 spiro atoms. The molecule has 16 heavy (non-hydrogen) atoms. The number of rotatable bonds is 0. The molecule has 0 N–H and O–H groups in total. The van der Waals surface area contributed by atoms with E-state index in [1.807, 2.05) is 6.07 Å². The molecular formula is C13H16FNO. The van der Waals surface area contributed by atoms with Gasteiger partial charge in [0.25, 0.3) is 0 Å². The number of hydrogen-bond acceptors (Lipinski definition) is 2. The highest BCUT2D eigenvalue weighted by molar-refractivity contribution is 5.36. The molecule has 2 aliphatic heterocycles. The van der Waals surface area contributed by atoms with Gasteiger partial charge in [0.1, 0.15) is 5.82 Å². The van der Waals surface area contributed by atoms with Gasteiger partial charge in [-0.25, -0.2) is 4.39 Å². The average molecular weight is 221 g/mol. The van der Waals surface area contributed by atoms with E-state index in [1.165, 1.54) is 5.56 Å². The zero-order chi connectivity index (χ0) is 11.2. The number of benzene rings is 1. The minimum Gasteiger partial charge on any atom is -0.365 e. The lowest BCUT2D eigenvalue weighted by Crippen LogP contribution is -2.40. The predicted octanol–water partition coefficient (Wildman–Crippen LogP) is 2.28. The standard InChI is InChI=1S/C13H16FNO/c1-15-6-4-13(5-7-15)12-3-2-11(14)8-10(12)9-16-13/h2-3,8H,4-7,9H2,1H3. The molecular weight excluding hydrogens is 205 g/mol. The van der Waals surface area contributed by atoms with Gasteiger partial charge in [-0.3, -0.25) is 0 Å². The number of ether oxygens (including phenoxy) is 1. The highest BCUT2D eigenvalue weighted by Gasteiger charge is 2.41. The Kier molecular flexibility index (Phi) is 2.26. The molecule has 3 rings (SSSR count). The smallest absolute Gasteiger partial charge is 0.123 e. The lowest BCUT2D eigenvalue weighted by Gasteiger charge is -2.37. The van der Waals surface area contributed by atoms with E-state index in [9.17, 15) is 4.39 Å². The molecule has 2 heterocycles. The first-order valence-electron chi connectivity index (χ1n) is 5.81. The van der Waals surface area contributed by atoms with E-state index in [2.05, 4.69) is 11.9 Å². The van der Waals surface area contributed by atoms with Crippen LogP contribution in [0.4, 0.5) is 4.39 Å². The van der Waals surface area contributed by atoms with Crippen molar-refractivity contribution in [3.8, 4) is 0 Å². The molecule has 0 aliphatic carbocycles. The summed E-state index contributed by atoms with van der Waals surface area (Å²) in [7, 11) is 2.13. The SMILES string of the molecule is CN1CCC2(CC1)OCc1cc(F)ccc12. The molecule has 0 atom stereocenters. The zero-order valence-electron chi connectivity index (χ0n) is 9.50. The first-order valence-corrected chi connectivity index (χ1v) is 5.81. The van der Waals surface area contributed by atoms with Crippen LogP contribution in [0.5, 0.6) is 0 Å². The van der Waals surface area contributed by atoms with Gasteiger partial charge < -0.3 is 9.64 Å². The number of likely N-dealkylation sites (tertiary alicyclic amines) is 1. The first-order chi connectivity index (χ1) is 7.70. The minimum absolute atomic E-state index is 0.129. The van der Waals surface area contributed by atoms with E-state index in [-0.39, 0.29) is 11.4 Å². The van der Waals surface area contributed by atoms with Gasteiger partial charge in [-0.15, -0.1) is 0 Å². The molecule has 0 radical (unpaired) electrons. The molecule has 0 amide bonds. The van der Waals surface area contributed by atoms with Crippen molar-refractivity contribution < 1.29 is 9.13 Å². The van der Waals surface area contributed by atoms with Crippen LogP contribution in [0.3, 0.4) is 0 Å². The fourth-order valence-corrected chi connectivity index (χ4v) is 2.81. The summed E-state index contributed by atoms with van der Waals surface area (Å²) in [5.41, 5.74) is 2.11. The molecule has 0 saturated carbocycles. The number of hydrogen-bond donors (Lipinski definition) is 0. The summed E-state index contributed by atoms with van der Waals surface area (Å²) < 4.78 is 19.1. The quantitative estimate of drug-likeness (QED) is 0.666. The Morgan fingerprint density at radius 2 is 2.06 bits per heavy atom. The largest absolute Gasteiger partial charge is 0.365 e. The normalized spacial score (nSPS) is 23.6. The van der Waals surface area contributed by atoms with Crippen LogP contribution in [0.15, 0.2) is 18.2 Å². The number of nitrogens with zero attached hydrogens (tertiary/aromatic N) is 1. The van der Waals surface area contributed by atoms with Crippen LogP contribution in [0, 0.1) is 5.82 Å². The van der Waals surface area contributed by atoms with Crippen LogP contribution < -0.4 is 0 Å². The minimum atomic E-state index is -0.160. The zero-order valence-corrected chi connectivity index (χ0v) is 9.50. The lowest BCUT2D eigenvalue weighted by atomic mass is 9.84. The maximum atomic E-state index is 13.1. The van der Waals surface area contributed by atoms with Crippen molar-refractivity contribution in [2.75, 3.05) is 20.1 Å². The van der Waals surface area contributed by atoms with E-state index in [0.29, 0.717) is 6.61 Å². The highest BCUT2D eigenvalue weighted by Crippen LogP contribution is 2.43. The summed E-state index contributed by atoms with van der Waals surface area (Å²) in [5.74, 6) is -0.160. The summed E-state index contributed by atoms with van der Waals surface area (Å²) in [6.07, 6.45) is 2.03. The molecule has 86 valence electrons. The van der Waals surface area contributed by atoms with Crippen molar-refractivity contribution in [1.82, 2.24) is 4.90 Å². The molecule has 0 bridgehead atoms. The van der Waals surface area contributed by atoms with Crippen molar-refractivity contribution >= 4 is 0 Å². The van der Waals surface area contributed by atoms with Crippen LogP contribution in [-0.2, 0) is 16.9 Å². The van der Waals surface area contributed by atoms with Gasteiger partial charge in [-0.1, -0.05) is 6.07 Å². The van der Waals surface area contributed by atoms with Crippen LogP contribution in [-0.4, -0.2) is 25.0 Å². The topological polar surface area (TPSA) is 12.5 Å². The number of fused-ring (bicyclic) bond motifs is 2. The van der Waals surface area contributed by atoms with E-state index in [0.717, 1.165) is 31.5 Å². The van der Waals surface area contributed by atoms with Crippen molar-refractivity contribution in [3.05, 3.63) is 35.1 Å². The Bertz CT molecular complexity index is 410. The third kappa shape index (κ3) is 1.46. The third-order valence-electron chi connectivity index (χ3n) is 3.86. The summed E-state index contributed by atoms with van der Waals surface area (Å²) in [6, 6.07) is 5.07. The summed E-state index contributed by atoms with van der Waals surface area (Å²) in [4.78, 5) is 2.32. The fourth-order valence-electron chi connectivity index (χ4n) is 2.81. The molecule has 0 unspecified atom stereocenters. The van der Waals surface area contributed by atoms with Crippen molar-refractivity contribution in [1.29, 1.82) is 0 Å². The summed E-state index contributed by atoms with van der Waals surface area (Å²) >= 11 is 0. The van der Waals surface area contributed by atoms with Crippen LogP contribution in [0.1, 0.15) is 24.0 Å². The first kappa shape index (κ1) is 10.2. The molecule has 1 saturated heterocycles. The van der Waals surface area contributed by atoms with E-state index in [1.54, 1.807) is 12.1 Å². The second-order valence-corrected chi connectivity index (χ2v) is 4.89. The van der Waals surface area contributed by atoms with Crippen molar-refractivity contribution in [2.45, 2.75) is 25.0 Å². The van der Waals surface area contributed by atoms with Crippen LogP contribution in [0.2, 0.25) is 0 Å². The van der Waals surface area contributed by atoms with Gasteiger partial charge in [0.05, 0.1) is 12.2 Å². The molecule has 3 heteroatoms. The number of piperidine rings is 1. The molecule has 2 aliphatic rings. The maximum Gasteiger partial charge on any atom is 0.123 e. The van der Waals surface area contributed by atoms with Gasteiger partial charge in [0, 0.05) is 13.1 Å². The average Bonchev–Trinajstić information content (AvgIpc) is 2.62. The Morgan fingerprint density at radius 1 is 1.31 bits per heavy atom. The Labute approximate surface area is 95.0 Å². The van der Waals surface area contributed by atoms with E-state index in [4.69, 9.17) is 4.74 Å². The summed E-state index contributed by atoms with van der Waals surface area (Å²) in [5, 5.41) is 0. The van der Waals surface area contributed by atoms with Crippen LogP contribution >= 0.6 is 0 Å². The maximum absolute atomic E-state index is 13.1. The van der Waals surface area contributed by atoms with Crippen LogP contribution in [0.25, 0.3) is 0 Å². The van der Waals surface area contributed by atoms with Gasteiger partial charge in [-0.2, -0.15) is 0 Å². The van der Waals surface area contributed by atoms with E-state index >= 15 is 0 Å². The van der Waals surface area contributed by atoms with Gasteiger partial charge in [0.2, 0.25) is 0 Å². The summed E-state index contributed by atoms with van der Waals surface area (Å²) in [6.45, 7) is 2.67. The highest BCUT2D eigenvalue weighted by atomic mass is 19.1. The monoisotopic (exact) mass is 221 g/mol. The molecule has 1 aromatic carbocycles. The molecule has 1 aromatic rings. The number of halogens is 1. The molecule has 2 nitrogen and oxygen atoms in total. The fraction of sp³-hybridized carbons (Fsp3) is 0.538. The predicted molar refractivity (Wildman–Crippen MR) is 59.6 cm³/mol. The van der Waals surface area contributed by atoms with Gasteiger partial charge in [0.15, 0.2) is 0 Å². The second kappa shape index (κ2) is 3.54. The Hall–Kier alpha value is -0.930. The van der Waals surface area contributed by atoms with Crippen molar-refractivity contribution in [3.63, 3.8) is 0 Å². The molecule has 0 aromatic heterocycles. The van der Waals surface area contributed by atoms with Gasteiger partial charge in [-0.05, 0) is 43.1 Å². The molecule has 1 fully saturated rings. The Balaban J connectivity index is 1.96.